The van der Waals surface area contributed by atoms with Crippen LogP contribution in [0.5, 0.6) is 0 Å². The Bertz CT molecular complexity index is 564. The normalized spacial score (nSPS) is 24.7. The van der Waals surface area contributed by atoms with Gasteiger partial charge in [0.1, 0.15) is 0 Å². The SMILES string of the molecule is CCC1OCCC1C(O)c1ccc2ccccc2c1. The van der Waals surface area contributed by atoms with Crippen LogP contribution in [0.2, 0.25) is 0 Å². The fourth-order valence-electron chi connectivity index (χ4n) is 3.09. The van der Waals surface area contributed by atoms with Gasteiger partial charge >= 0.3 is 0 Å². The predicted octanol–water partition coefficient (Wildman–Crippen LogP) is 3.69. The second-order valence-corrected chi connectivity index (χ2v) is 5.32. The maximum atomic E-state index is 10.6. The minimum Gasteiger partial charge on any atom is -0.388 e. The molecule has 1 heterocycles. The van der Waals surface area contributed by atoms with Crippen LogP contribution >= 0.6 is 0 Å². The van der Waals surface area contributed by atoms with Crippen LogP contribution in [0, 0.1) is 5.92 Å². The smallest absolute Gasteiger partial charge is 0.0844 e. The summed E-state index contributed by atoms with van der Waals surface area (Å²) in [6.07, 6.45) is 1.69. The van der Waals surface area contributed by atoms with Crippen molar-refractivity contribution >= 4 is 10.8 Å². The molecule has 1 saturated heterocycles. The van der Waals surface area contributed by atoms with Crippen molar-refractivity contribution in [3.05, 3.63) is 48.0 Å². The Morgan fingerprint density at radius 3 is 2.79 bits per heavy atom. The number of aliphatic hydroxyl groups excluding tert-OH is 1. The minimum atomic E-state index is -0.419. The number of hydrogen-bond donors (Lipinski definition) is 1. The zero-order valence-corrected chi connectivity index (χ0v) is 11.3. The first kappa shape index (κ1) is 12.6. The lowest BCUT2D eigenvalue weighted by Gasteiger charge is -2.23. The summed E-state index contributed by atoms with van der Waals surface area (Å²) in [5, 5.41) is 13.0. The maximum absolute atomic E-state index is 10.6. The number of benzene rings is 2. The Labute approximate surface area is 114 Å². The Kier molecular flexibility index (Phi) is 3.54. The van der Waals surface area contributed by atoms with Gasteiger partial charge in [0.15, 0.2) is 0 Å². The van der Waals surface area contributed by atoms with Gasteiger partial charge in [-0.3, -0.25) is 0 Å². The van der Waals surface area contributed by atoms with E-state index in [1.807, 2.05) is 18.2 Å². The quantitative estimate of drug-likeness (QED) is 0.907. The summed E-state index contributed by atoms with van der Waals surface area (Å²) in [7, 11) is 0. The molecule has 0 amide bonds. The molecule has 3 rings (SSSR count). The summed E-state index contributed by atoms with van der Waals surface area (Å²) >= 11 is 0. The maximum Gasteiger partial charge on any atom is 0.0844 e. The van der Waals surface area contributed by atoms with Crippen molar-refractivity contribution in [1.29, 1.82) is 0 Å². The highest BCUT2D eigenvalue weighted by molar-refractivity contribution is 5.83. The summed E-state index contributed by atoms with van der Waals surface area (Å²) in [5.74, 6) is 0.228. The van der Waals surface area contributed by atoms with Gasteiger partial charge in [0.2, 0.25) is 0 Å². The van der Waals surface area contributed by atoms with Crippen LogP contribution in [0.3, 0.4) is 0 Å². The zero-order chi connectivity index (χ0) is 13.2. The summed E-state index contributed by atoms with van der Waals surface area (Å²) in [4.78, 5) is 0. The third-order valence-electron chi connectivity index (χ3n) is 4.18. The van der Waals surface area contributed by atoms with E-state index in [4.69, 9.17) is 4.74 Å². The molecule has 1 fully saturated rings. The van der Waals surface area contributed by atoms with Gasteiger partial charge in [0.25, 0.3) is 0 Å². The summed E-state index contributed by atoms with van der Waals surface area (Å²) < 4.78 is 5.68. The van der Waals surface area contributed by atoms with Gasteiger partial charge in [0.05, 0.1) is 12.2 Å². The Hall–Kier alpha value is -1.38. The van der Waals surface area contributed by atoms with Gasteiger partial charge in [-0.1, -0.05) is 43.3 Å². The van der Waals surface area contributed by atoms with Crippen LogP contribution in [0.15, 0.2) is 42.5 Å². The molecule has 0 aliphatic carbocycles. The highest BCUT2D eigenvalue weighted by Crippen LogP contribution is 2.35. The first-order valence-corrected chi connectivity index (χ1v) is 7.08. The second kappa shape index (κ2) is 5.32. The molecule has 0 aromatic heterocycles. The van der Waals surface area contributed by atoms with Crippen LogP contribution in [0.4, 0.5) is 0 Å². The van der Waals surface area contributed by atoms with Gasteiger partial charge in [-0.05, 0) is 35.2 Å². The lowest BCUT2D eigenvalue weighted by molar-refractivity contribution is 0.0308. The van der Waals surface area contributed by atoms with E-state index in [0.29, 0.717) is 0 Å². The van der Waals surface area contributed by atoms with Crippen molar-refractivity contribution in [3.8, 4) is 0 Å². The van der Waals surface area contributed by atoms with Gasteiger partial charge in [-0.25, -0.2) is 0 Å². The third kappa shape index (κ3) is 2.38. The molecular formula is C17H20O2. The van der Waals surface area contributed by atoms with Crippen LogP contribution in [0.1, 0.15) is 31.4 Å². The van der Waals surface area contributed by atoms with E-state index in [0.717, 1.165) is 25.0 Å². The van der Waals surface area contributed by atoms with E-state index < -0.39 is 6.10 Å². The highest BCUT2D eigenvalue weighted by Gasteiger charge is 2.33. The van der Waals surface area contributed by atoms with E-state index in [-0.39, 0.29) is 12.0 Å². The number of fused-ring (bicyclic) bond motifs is 1. The molecule has 100 valence electrons. The molecule has 3 unspecified atom stereocenters. The van der Waals surface area contributed by atoms with E-state index in [1.165, 1.54) is 10.8 Å². The average molecular weight is 256 g/mol. The van der Waals surface area contributed by atoms with Crippen molar-refractivity contribution in [3.63, 3.8) is 0 Å². The van der Waals surface area contributed by atoms with E-state index in [1.54, 1.807) is 0 Å². The minimum absolute atomic E-state index is 0.196. The molecule has 3 atom stereocenters. The second-order valence-electron chi connectivity index (χ2n) is 5.32. The van der Waals surface area contributed by atoms with Crippen LogP contribution in [-0.2, 0) is 4.74 Å². The molecule has 0 saturated carbocycles. The molecule has 2 nitrogen and oxygen atoms in total. The standard InChI is InChI=1S/C17H20O2/c1-2-16-15(9-10-19-16)17(18)14-8-7-12-5-3-4-6-13(12)11-14/h3-8,11,15-18H,2,9-10H2,1H3. The van der Waals surface area contributed by atoms with Gasteiger partial charge in [0, 0.05) is 12.5 Å². The topological polar surface area (TPSA) is 29.5 Å². The molecule has 2 aromatic carbocycles. The molecule has 0 radical (unpaired) electrons. The van der Waals surface area contributed by atoms with Crippen molar-refractivity contribution in [2.75, 3.05) is 6.61 Å². The zero-order valence-electron chi connectivity index (χ0n) is 11.3. The molecule has 1 N–H and O–H groups in total. The van der Waals surface area contributed by atoms with E-state index in [9.17, 15) is 5.11 Å². The first-order valence-electron chi connectivity index (χ1n) is 7.08. The highest BCUT2D eigenvalue weighted by atomic mass is 16.5. The van der Waals surface area contributed by atoms with Crippen molar-refractivity contribution in [1.82, 2.24) is 0 Å². The molecule has 1 aliphatic rings. The lowest BCUT2D eigenvalue weighted by Crippen LogP contribution is -2.21. The molecule has 19 heavy (non-hydrogen) atoms. The van der Waals surface area contributed by atoms with Crippen molar-refractivity contribution in [2.24, 2.45) is 5.92 Å². The summed E-state index contributed by atoms with van der Waals surface area (Å²) in [5.41, 5.74) is 1.01. The van der Waals surface area contributed by atoms with Gasteiger partial charge < -0.3 is 9.84 Å². The van der Waals surface area contributed by atoms with Crippen molar-refractivity contribution < 1.29 is 9.84 Å². The van der Waals surface area contributed by atoms with Crippen LogP contribution < -0.4 is 0 Å². The largest absolute Gasteiger partial charge is 0.388 e. The number of ether oxygens (including phenoxy) is 1. The number of rotatable bonds is 3. The van der Waals surface area contributed by atoms with E-state index in [2.05, 4.69) is 31.2 Å². The average Bonchev–Trinajstić information content (AvgIpc) is 2.94. The van der Waals surface area contributed by atoms with Crippen molar-refractivity contribution in [2.45, 2.75) is 32.0 Å². The Morgan fingerprint density at radius 2 is 2.00 bits per heavy atom. The third-order valence-corrected chi connectivity index (χ3v) is 4.18. The molecule has 2 heteroatoms. The summed E-state index contributed by atoms with van der Waals surface area (Å²) in [6.45, 7) is 2.89. The fourth-order valence-corrected chi connectivity index (χ4v) is 3.09. The van der Waals surface area contributed by atoms with Gasteiger partial charge in [-0.2, -0.15) is 0 Å². The van der Waals surface area contributed by atoms with Gasteiger partial charge in [-0.15, -0.1) is 0 Å². The monoisotopic (exact) mass is 256 g/mol. The first-order chi connectivity index (χ1) is 9.29. The van der Waals surface area contributed by atoms with Crippen LogP contribution in [-0.4, -0.2) is 17.8 Å². The molecule has 0 spiro atoms. The summed E-state index contributed by atoms with van der Waals surface area (Å²) in [6, 6.07) is 14.5. The molecule has 0 bridgehead atoms. The lowest BCUT2D eigenvalue weighted by atomic mass is 9.88. The molecule has 1 aliphatic heterocycles. The number of aliphatic hydroxyl groups is 1. The Morgan fingerprint density at radius 1 is 1.21 bits per heavy atom. The fraction of sp³-hybridized carbons (Fsp3) is 0.412. The molecule has 2 aromatic rings. The Balaban J connectivity index is 1.90. The van der Waals surface area contributed by atoms with Crippen LogP contribution in [0.25, 0.3) is 10.8 Å². The predicted molar refractivity (Wildman–Crippen MR) is 77.0 cm³/mol. The van der Waals surface area contributed by atoms with E-state index >= 15 is 0 Å². The molecular weight excluding hydrogens is 236 g/mol. The number of hydrogen-bond acceptors (Lipinski definition) is 2.